The summed E-state index contributed by atoms with van der Waals surface area (Å²) in [5, 5.41) is 16.6. The Bertz CT molecular complexity index is 868. The van der Waals surface area contributed by atoms with Gasteiger partial charge in [0.25, 0.3) is 5.91 Å². The molecule has 2 aliphatic rings. The van der Waals surface area contributed by atoms with E-state index in [-0.39, 0.29) is 5.91 Å². The van der Waals surface area contributed by atoms with Crippen LogP contribution in [0.1, 0.15) is 55.1 Å². The number of hydrogen-bond acceptors (Lipinski definition) is 5. The van der Waals surface area contributed by atoms with Gasteiger partial charge in [0.2, 0.25) is 0 Å². The number of aliphatic carboxylic acids is 1. The normalized spacial score (nSPS) is 22.3. The highest BCUT2D eigenvalue weighted by Gasteiger charge is 2.64. The number of piperidine rings is 1. The summed E-state index contributed by atoms with van der Waals surface area (Å²) in [5.41, 5.74) is -1.45. The molecule has 3 rings (SSSR count). The number of nitrogens with one attached hydrogen (secondary N) is 2. The summed E-state index contributed by atoms with van der Waals surface area (Å²) in [5.74, 6) is -1.36. The van der Waals surface area contributed by atoms with Crippen LogP contribution in [0.3, 0.4) is 0 Å². The first kappa shape index (κ1) is 22.1. The predicted octanol–water partition coefficient (Wildman–Crippen LogP) is 2.12. The van der Waals surface area contributed by atoms with Crippen molar-refractivity contribution in [1.82, 2.24) is 15.5 Å². The molecule has 1 fully saturated rings. The van der Waals surface area contributed by atoms with E-state index >= 15 is 0 Å². The van der Waals surface area contributed by atoms with E-state index in [0.717, 1.165) is 5.56 Å². The van der Waals surface area contributed by atoms with Gasteiger partial charge in [-0.05, 0) is 76.4 Å². The van der Waals surface area contributed by atoms with Crippen molar-refractivity contribution >= 4 is 18.0 Å². The highest BCUT2D eigenvalue weighted by atomic mass is 16.6. The number of alkyl carbamates (subject to hydrolysis) is 1. The van der Waals surface area contributed by atoms with Crippen LogP contribution in [0, 0.1) is 5.41 Å². The van der Waals surface area contributed by atoms with Gasteiger partial charge in [0, 0.05) is 25.1 Å². The minimum absolute atomic E-state index is 0.222. The van der Waals surface area contributed by atoms with E-state index < -0.39 is 28.6 Å². The molecule has 1 aliphatic heterocycles. The molecular weight excluding hydrogens is 386 g/mol. The van der Waals surface area contributed by atoms with Crippen molar-refractivity contribution in [2.75, 3.05) is 27.2 Å². The first-order chi connectivity index (χ1) is 13.9. The monoisotopic (exact) mass is 417 g/mol. The standard InChI is InChI=1S/C22H31N3O5/c1-20(2,3)30-19(29)24-22(18(27)28)16-12-14(17(26)25(4)5)6-7-15(16)13-21(22)8-10-23-11-9-21/h6-7,12,23H,8-11,13H2,1-5H3,(H,24,29)(H,27,28)/t22-/m1/s1. The first-order valence-corrected chi connectivity index (χ1v) is 10.2. The van der Waals surface area contributed by atoms with Crippen LogP contribution in [-0.2, 0) is 21.5 Å². The van der Waals surface area contributed by atoms with Crippen molar-refractivity contribution in [2.24, 2.45) is 5.41 Å². The molecule has 1 aromatic rings. The van der Waals surface area contributed by atoms with E-state index in [9.17, 15) is 19.5 Å². The number of carbonyl (C=O) groups excluding carboxylic acids is 2. The summed E-state index contributed by atoms with van der Waals surface area (Å²) in [6.07, 6.45) is 0.907. The van der Waals surface area contributed by atoms with Crippen molar-refractivity contribution in [1.29, 1.82) is 0 Å². The molecule has 30 heavy (non-hydrogen) atoms. The number of ether oxygens (including phenoxy) is 1. The molecule has 1 aromatic carbocycles. The smallest absolute Gasteiger partial charge is 0.408 e. The number of carbonyl (C=O) groups is 3. The first-order valence-electron chi connectivity index (χ1n) is 10.2. The van der Waals surface area contributed by atoms with Gasteiger partial charge in [-0.15, -0.1) is 0 Å². The Kier molecular flexibility index (Phi) is 5.58. The molecule has 3 N–H and O–H groups in total. The fourth-order valence-electron chi connectivity index (χ4n) is 4.76. The molecule has 1 saturated heterocycles. The van der Waals surface area contributed by atoms with Gasteiger partial charge >= 0.3 is 12.1 Å². The van der Waals surface area contributed by atoms with Crippen LogP contribution in [0.15, 0.2) is 18.2 Å². The molecule has 1 atom stereocenters. The maximum Gasteiger partial charge on any atom is 0.408 e. The maximum absolute atomic E-state index is 12.9. The lowest BCUT2D eigenvalue weighted by Gasteiger charge is -2.46. The van der Waals surface area contributed by atoms with E-state index in [1.807, 2.05) is 6.07 Å². The van der Waals surface area contributed by atoms with Gasteiger partial charge in [-0.25, -0.2) is 9.59 Å². The van der Waals surface area contributed by atoms with Gasteiger partial charge in [0.1, 0.15) is 5.60 Å². The van der Waals surface area contributed by atoms with Gasteiger partial charge < -0.3 is 25.4 Å². The van der Waals surface area contributed by atoms with Crippen molar-refractivity contribution < 1.29 is 24.2 Å². The van der Waals surface area contributed by atoms with Crippen LogP contribution in [0.5, 0.6) is 0 Å². The number of fused-ring (bicyclic) bond motifs is 1. The average molecular weight is 418 g/mol. The summed E-state index contributed by atoms with van der Waals surface area (Å²) in [6, 6.07) is 5.17. The van der Waals surface area contributed by atoms with E-state index in [0.29, 0.717) is 43.5 Å². The second kappa shape index (κ2) is 7.58. The third kappa shape index (κ3) is 3.64. The zero-order valence-electron chi connectivity index (χ0n) is 18.3. The van der Waals surface area contributed by atoms with Crippen LogP contribution < -0.4 is 10.6 Å². The van der Waals surface area contributed by atoms with Crippen molar-refractivity contribution in [3.8, 4) is 0 Å². The molecule has 1 aliphatic carbocycles. The Labute approximate surface area is 177 Å². The maximum atomic E-state index is 12.9. The van der Waals surface area contributed by atoms with Crippen molar-refractivity contribution in [3.63, 3.8) is 0 Å². The van der Waals surface area contributed by atoms with E-state index in [4.69, 9.17) is 4.74 Å². The number of carboxylic acids is 1. The molecule has 8 nitrogen and oxygen atoms in total. The van der Waals surface area contributed by atoms with Crippen molar-refractivity contribution in [2.45, 2.75) is 51.2 Å². The van der Waals surface area contributed by atoms with Crippen LogP contribution in [-0.4, -0.2) is 60.8 Å². The molecule has 0 unspecified atom stereocenters. The third-order valence-electron chi connectivity index (χ3n) is 6.06. The van der Waals surface area contributed by atoms with Gasteiger partial charge in [-0.3, -0.25) is 4.79 Å². The highest BCUT2D eigenvalue weighted by molar-refractivity contribution is 5.96. The molecule has 1 spiro atoms. The van der Waals surface area contributed by atoms with Gasteiger partial charge in [0.15, 0.2) is 5.54 Å². The topological polar surface area (TPSA) is 108 Å². The van der Waals surface area contributed by atoms with Gasteiger partial charge in [0.05, 0.1) is 0 Å². The molecular formula is C22H31N3O5. The molecule has 8 heteroatoms. The summed E-state index contributed by atoms with van der Waals surface area (Å²) in [6.45, 7) is 6.51. The number of rotatable bonds is 3. The minimum Gasteiger partial charge on any atom is -0.479 e. The Morgan fingerprint density at radius 1 is 1.17 bits per heavy atom. The Morgan fingerprint density at radius 2 is 1.80 bits per heavy atom. The van der Waals surface area contributed by atoms with Gasteiger partial charge in [-0.1, -0.05) is 6.07 Å². The largest absolute Gasteiger partial charge is 0.479 e. The lowest BCUT2D eigenvalue weighted by atomic mass is 9.64. The van der Waals surface area contributed by atoms with Crippen molar-refractivity contribution in [3.05, 3.63) is 34.9 Å². The zero-order chi connectivity index (χ0) is 22.3. The van der Waals surface area contributed by atoms with Crippen LogP contribution in [0.25, 0.3) is 0 Å². The Hall–Kier alpha value is -2.61. The number of carboxylic acid groups (broad SMARTS) is 1. The van der Waals surface area contributed by atoms with E-state index in [1.54, 1.807) is 47.0 Å². The number of nitrogens with zero attached hydrogens (tertiary/aromatic N) is 1. The molecule has 0 aromatic heterocycles. The average Bonchev–Trinajstić information content (AvgIpc) is 2.89. The second-order valence-electron chi connectivity index (χ2n) is 9.46. The van der Waals surface area contributed by atoms with Crippen LogP contribution in [0.4, 0.5) is 4.79 Å². The summed E-state index contributed by atoms with van der Waals surface area (Å²) < 4.78 is 5.44. The molecule has 2 amide bonds. The summed E-state index contributed by atoms with van der Waals surface area (Å²) in [4.78, 5) is 39.7. The number of amides is 2. The molecule has 0 radical (unpaired) electrons. The molecule has 1 heterocycles. The highest BCUT2D eigenvalue weighted by Crippen LogP contribution is 2.55. The summed E-state index contributed by atoms with van der Waals surface area (Å²) in [7, 11) is 3.29. The molecule has 0 saturated carbocycles. The van der Waals surface area contributed by atoms with Crippen LogP contribution >= 0.6 is 0 Å². The second-order valence-corrected chi connectivity index (χ2v) is 9.46. The number of benzene rings is 1. The van der Waals surface area contributed by atoms with E-state index in [2.05, 4.69) is 10.6 Å². The fourth-order valence-corrected chi connectivity index (χ4v) is 4.76. The quantitative estimate of drug-likeness (QED) is 0.695. The van der Waals surface area contributed by atoms with Gasteiger partial charge in [-0.2, -0.15) is 0 Å². The van der Waals surface area contributed by atoms with E-state index in [1.165, 1.54) is 4.90 Å². The summed E-state index contributed by atoms with van der Waals surface area (Å²) >= 11 is 0. The lowest BCUT2D eigenvalue weighted by molar-refractivity contribution is -0.153. The Balaban J connectivity index is 2.17. The third-order valence-corrected chi connectivity index (χ3v) is 6.06. The fraction of sp³-hybridized carbons (Fsp3) is 0.591. The molecule has 164 valence electrons. The minimum atomic E-state index is -1.67. The lowest BCUT2D eigenvalue weighted by Crippen LogP contribution is -2.63. The Morgan fingerprint density at radius 3 is 2.33 bits per heavy atom. The van der Waals surface area contributed by atoms with Crippen LogP contribution in [0.2, 0.25) is 0 Å². The number of hydrogen-bond donors (Lipinski definition) is 3. The SMILES string of the molecule is CN(C)C(=O)c1ccc2c(c1)[C@@](NC(=O)OC(C)(C)C)(C(=O)O)C1(CCNCC1)C2. The predicted molar refractivity (Wildman–Crippen MR) is 111 cm³/mol. The zero-order valence-corrected chi connectivity index (χ0v) is 18.3. The molecule has 0 bridgehead atoms.